The zero-order valence-corrected chi connectivity index (χ0v) is 16.7. The molecule has 2 rings (SSSR count). The topological polar surface area (TPSA) is 84.4 Å². The maximum Gasteiger partial charge on any atom is 0.237 e. The van der Waals surface area contributed by atoms with Crippen LogP contribution in [0.2, 0.25) is 0 Å². The van der Waals surface area contributed by atoms with Crippen LogP contribution in [0.4, 0.5) is 0 Å². The Bertz CT molecular complexity index is 522. The Kier molecular flexibility index (Phi) is 8.89. The number of aromatic nitrogens is 1. The SMILES string of the molecule is CCC(C)C(N)C(=O)NCC1CCN(Cc2nc(C)c(C)o2)CC1.Cl. The second kappa shape index (κ2) is 10.1. The molecule has 7 heteroatoms. The van der Waals surface area contributed by atoms with Crippen molar-refractivity contribution in [1.82, 2.24) is 15.2 Å². The third-order valence-corrected chi connectivity index (χ3v) is 5.26. The minimum absolute atomic E-state index is 0. The number of carbonyl (C=O) groups is 1. The predicted molar refractivity (Wildman–Crippen MR) is 102 cm³/mol. The Morgan fingerprint density at radius 3 is 2.56 bits per heavy atom. The molecule has 0 saturated carbocycles. The molecule has 1 fully saturated rings. The van der Waals surface area contributed by atoms with Crippen molar-refractivity contribution in [2.45, 2.75) is 59.5 Å². The summed E-state index contributed by atoms with van der Waals surface area (Å²) in [4.78, 5) is 18.9. The number of amides is 1. The molecular weight excluding hydrogens is 340 g/mol. The van der Waals surface area contributed by atoms with E-state index in [-0.39, 0.29) is 24.2 Å². The average Bonchev–Trinajstić information content (AvgIpc) is 2.90. The van der Waals surface area contributed by atoms with Crippen molar-refractivity contribution < 1.29 is 9.21 Å². The number of aryl methyl sites for hydroxylation is 2. The van der Waals surface area contributed by atoms with Crippen molar-refractivity contribution >= 4 is 18.3 Å². The van der Waals surface area contributed by atoms with Crippen LogP contribution in [0.3, 0.4) is 0 Å². The number of oxazole rings is 1. The van der Waals surface area contributed by atoms with E-state index in [0.29, 0.717) is 5.92 Å². The molecular formula is C18H33ClN4O2. The van der Waals surface area contributed by atoms with Crippen LogP contribution in [0.25, 0.3) is 0 Å². The molecule has 0 spiro atoms. The van der Waals surface area contributed by atoms with Gasteiger partial charge in [0.15, 0.2) is 0 Å². The van der Waals surface area contributed by atoms with Crippen molar-refractivity contribution in [2.75, 3.05) is 19.6 Å². The lowest BCUT2D eigenvalue weighted by molar-refractivity contribution is -0.123. The van der Waals surface area contributed by atoms with E-state index >= 15 is 0 Å². The summed E-state index contributed by atoms with van der Waals surface area (Å²) in [6.07, 6.45) is 3.09. The summed E-state index contributed by atoms with van der Waals surface area (Å²) in [5.41, 5.74) is 6.94. The highest BCUT2D eigenvalue weighted by molar-refractivity contribution is 5.85. The molecule has 6 nitrogen and oxygen atoms in total. The van der Waals surface area contributed by atoms with E-state index in [4.69, 9.17) is 10.2 Å². The summed E-state index contributed by atoms with van der Waals surface area (Å²) in [6, 6.07) is -0.397. The molecule has 25 heavy (non-hydrogen) atoms. The summed E-state index contributed by atoms with van der Waals surface area (Å²) in [7, 11) is 0. The number of likely N-dealkylation sites (tertiary alicyclic amines) is 1. The van der Waals surface area contributed by atoms with Crippen molar-refractivity contribution in [3.05, 3.63) is 17.3 Å². The quantitative estimate of drug-likeness (QED) is 0.767. The highest BCUT2D eigenvalue weighted by Crippen LogP contribution is 2.19. The van der Waals surface area contributed by atoms with Gasteiger partial charge in [-0.3, -0.25) is 9.69 Å². The summed E-state index contributed by atoms with van der Waals surface area (Å²) in [5.74, 6) is 2.44. The fourth-order valence-electron chi connectivity index (χ4n) is 3.02. The van der Waals surface area contributed by atoms with Gasteiger partial charge in [-0.1, -0.05) is 20.3 Å². The van der Waals surface area contributed by atoms with Gasteiger partial charge in [-0.2, -0.15) is 0 Å². The van der Waals surface area contributed by atoms with E-state index in [1.54, 1.807) is 0 Å². The van der Waals surface area contributed by atoms with Crippen LogP contribution in [0.5, 0.6) is 0 Å². The normalized spacial score (nSPS) is 18.4. The van der Waals surface area contributed by atoms with E-state index in [2.05, 4.69) is 22.1 Å². The van der Waals surface area contributed by atoms with Crippen LogP contribution >= 0.6 is 12.4 Å². The van der Waals surface area contributed by atoms with Gasteiger partial charge in [0.1, 0.15) is 5.76 Å². The molecule has 1 aromatic rings. The predicted octanol–water partition coefficient (Wildman–Crippen LogP) is 2.41. The molecule has 0 aromatic carbocycles. The van der Waals surface area contributed by atoms with Gasteiger partial charge >= 0.3 is 0 Å². The number of hydrogen-bond acceptors (Lipinski definition) is 5. The average molecular weight is 373 g/mol. The maximum absolute atomic E-state index is 12.1. The first-order valence-corrected chi connectivity index (χ1v) is 9.09. The Balaban J connectivity index is 0.00000312. The number of hydrogen-bond donors (Lipinski definition) is 2. The van der Waals surface area contributed by atoms with Gasteiger partial charge in [0, 0.05) is 6.54 Å². The number of carbonyl (C=O) groups excluding carboxylic acids is 1. The largest absolute Gasteiger partial charge is 0.444 e. The Hall–Kier alpha value is -1.11. The molecule has 0 bridgehead atoms. The van der Waals surface area contributed by atoms with E-state index in [9.17, 15) is 4.79 Å². The van der Waals surface area contributed by atoms with Crippen molar-refractivity contribution in [1.29, 1.82) is 0 Å². The van der Waals surface area contributed by atoms with Crippen LogP contribution in [-0.4, -0.2) is 41.5 Å². The fourth-order valence-corrected chi connectivity index (χ4v) is 3.02. The minimum Gasteiger partial charge on any atom is -0.444 e. The first kappa shape index (κ1) is 21.9. The molecule has 1 aliphatic heterocycles. The Morgan fingerprint density at radius 1 is 1.40 bits per heavy atom. The number of nitrogens with one attached hydrogen (secondary N) is 1. The zero-order valence-electron chi connectivity index (χ0n) is 15.9. The molecule has 2 atom stereocenters. The van der Waals surface area contributed by atoms with Crippen molar-refractivity contribution in [3.8, 4) is 0 Å². The molecule has 144 valence electrons. The van der Waals surface area contributed by atoms with Crippen LogP contribution in [0, 0.1) is 25.7 Å². The number of nitrogens with zero attached hydrogens (tertiary/aromatic N) is 2. The number of rotatable bonds is 7. The van der Waals surface area contributed by atoms with Crippen LogP contribution in [-0.2, 0) is 11.3 Å². The first-order chi connectivity index (χ1) is 11.4. The molecule has 1 amide bonds. The second-order valence-electron chi connectivity index (χ2n) is 7.13. The molecule has 2 heterocycles. The lowest BCUT2D eigenvalue weighted by atomic mass is 9.95. The number of piperidine rings is 1. The van der Waals surface area contributed by atoms with Crippen LogP contribution in [0.15, 0.2) is 4.42 Å². The Labute approximate surface area is 157 Å². The number of nitrogens with two attached hydrogens (primary N) is 1. The van der Waals surface area contributed by atoms with Gasteiger partial charge in [0.05, 0.1) is 18.3 Å². The van der Waals surface area contributed by atoms with E-state index < -0.39 is 6.04 Å². The van der Waals surface area contributed by atoms with Gasteiger partial charge in [-0.05, 0) is 51.6 Å². The first-order valence-electron chi connectivity index (χ1n) is 9.09. The molecule has 1 aromatic heterocycles. The maximum atomic E-state index is 12.1. The monoisotopic (exact) mass is 372 g/mol. The van der Waals surface area contributed by atoms with Gasteiger partial charge in [0.25, 0.3) is 0 Å². The lowest BCUT2D eigenvalue weighted by Crippen LogP contribution is -2.47. The third-order valence-electron chi connectivity index (χ3n) is 5.26. The van der Waals surface area contributed by atoms with Crippen molar-refractivity contribution in [3.63, 3.8) is 0 Å². The van der Waals surface area contributed by atoms with E-state index in [1.165, 1.54) is 0 Å². The molecule has 3 N–H and O–H groups in total. The van der Waals surface area contributed by atoms with Gasteiger partial charge < -0.3 is 15.5 Å². The zero-order chi connectivity index (χ0) is 17.7. The number of halogens is 1. The van der Waals surface area contributed by atoms with Crippen LogP contribution in [0.1, 0.15) is 50.5 Å². The third kappa shape index (κ3) is 6.28. The van der Waals surface area contributed by atoms with Gasteiger partial charge in [-0.25, -0.2) is 4.98 Å². The standard InChI is InChI=1S/C18H32N4O2.ClH/c1-5-12(2)17(19)18(23)20-10-15-6-8-22(9-7-15)11-16-21-13(3)14(4)24-16;/h12,15,17H,5-11,19H2,1-4H3,(H,20,23);1H. The smallest absolute Gasteiger partial charge is 0.237 e. The molecule has 0 aliphatic carbocycles. The molecule has 0 radical (unpaired) electrons. The lowest BCUT2D eigenvalue weighted by Gasteiger charge is -2.31. The summed E-state index contributed by atoms with van der Waals surface area (Å²) < 4.78 is 5.66. The molecule has 1 saturated heterocycles. The van der Waals surface area contributed by atoms with Gasteiger partial charge in [-0.15, -0.1) is 12.4 Å². The highest BCUT2D eigenvalue weighted by Gasteiger charge is 2.23. The van der Waals surface area contributed by atoms with Crippen molar-refractivity contribution in [2.24, 2.45) is 17.6 Å². The minimum atomic E-state index is -0.397. The van der Waals surface area contributed by atoms with Crippen LogP contribution < -0.4 is 11.1 Å². The fraction of sp³-hybridized carbons (Fsp3) is 0.778. The second-order valence-corrected chi connectivity index (χ2v) is 7.13. The van der Waals surface area contributed by atoms with E-state index in [1.807, 2.05) is 20.8 Å². The Morgan fingerprint density at radius 2 is 2.04 bits per heavy atom. The van der Waals surface area contributed by atoms with Gasteiger partial charge in [0.2, 0.25) is 11.8 Å². The molecule has 1 aliphatic rings. The summed E-state index contributed by atoms with van der Waals surface area (Å²) in [6.45, 7) is 11.5. The highest BCUT2D eigenvalue weighted by atomic mass is 35.5. The molecule has 2 unspecified atom stereocenters. The van der Waals surface area contributed by atoms with E-state index in [0.717, 1.165) is 62.8 Å². The summed E-state index contributed by atoms with van der Waals surface area (Å²) >= 11 is 0. The summed E-state index contributed by atoms with van der Waals surface area (Å²) in [5, 5.41) is 3.03.